The molecule has 1 aliphatic carbocycles. The number of nitrogens with one attached hydrogen (secondary N) is 1. The highest BCUT2D eigenvalue weighted by atomic mass is 19.4. The van der Waals surface area contributed by atoms with Crippen LogP contribution in [0.5, 0.6) is 5.75 Å². The summed E-state index contributed by atoms with van der Waals surface area (Å²) < 4.78 is 47.4. The summed E-state index contributed by atoms with van der Waals surface area (Å²) in [6.07, 6.45) is -0.612. The maximum atomic E-state index is 12.7. The summed E-state index contributed by atoms with van der Waals surface area (Å²) in [5.41, 5.74) is 0.310. The molecule has 8 nitrogen and oxygen atoms in total. The Labute approximate surface area is 208 Å². The molecule has 2 heterocycles. The molecule has 0 aromatic heterocycles. The van der Waals surface area contributed by atoms with Crippen molar-refractivity contribution in [2.24, 2.45) is 5.92 Å². The number of carbonyl (C=O) groups excluding carboxylic acids is 1. The van der Waals surface area contributed by atoms with E-state index in [1.54, 1.807) is 12.1 Å². The summed E-state index contributed by atoms with van der Waals surface area (Å²) in [4.78, 5) is 16.9. The zero-order valence-corrected chi connectivity index (χ0v) is 20.2. The molecule has 3 fully saturated rings. The topological polar surface area (TPSA) is 98.1 Å². The summed E-state index contributed by atoms with van der Waals surface area (Å²) in [5, 5.41) is 22.2. The predicted molar refractivity (Wildman–Crippen MR) is 125 cm³/mol. The molecule has 0 bridgehead atoms. The van der Waals surface area contributed by atoms with E-state index in [0.29, 0.717) is 32.8 Å². The molecule has 2 saturated heterocycles. The van der Waals surface area contributed by atoms with Crippen LogP contribution in [-0.4, -0.2) is 79.4 Å². The maximum absolute atomic E-state index is 12.7. The SMILES string of the molecule is N#CC1CCC(NC(=O)C[C@H](CO)N2CCO[C@]3(CCN(c4ccc(OC(F)(F)F)cc4)C3)C2)CC1. The zero-order chi connectivity index (χ0) is 25.8. The summed E-state index contributed by atoms with van der Waals surface area (Å²) >= 11 is 0. The van der Waals surface area contributed by atoms with Crippen LogP contribution in [0.15, 0.2) is 24.3 Å². The summed E-state index contributed by atoms with van der Waals surface area (Å²) in [5.74, 6) is -0.281. The van der Waals surface area contributed by atoms with Gasteiger partial charge in [0.25, 0.3) is 0 Å². The number of hydrogen-bond acceptors (Lipinski definition) is 7. The number of hydrogen-bond donors (Lipinski definition) is 2. The second-order valence-corrected chi connectivity index (χ2v) is 10.0. The van der Waals surface area contributed by atoms with Gasteiger partial charge < -0.3 is 24.8 Å². The van der Waals surface area contributed by atoms with Crippen LogP contribution in [0, 0.1) is 17.2 Å². The number of halogens is 3. The molecule has 36 heavy (non-hydrogen) atoms. The summed E-state index contributed by atoms with van der Waals surface area (Å²) in [7, 11) is 0. The van der Waals surface area contributed by atoms with Crippen LogP contribution in [0.3, 0.4) is 0 Å². The summed E-state index contributed by atoms with van der Waals surface area (Å²) in [6.45, 7) is 2.75. The molecule has 2 N–H and O–H groups in total. The molecule has 2 atom stereocenters. The highest BCUT2D eigenvalue weighted by Crippen LogP contribution is 2.34. The number of amides is 1. The van der Waals surface area contributed by atoms with Gasteiger partial charge in [0.1, 0.15) is 5.75 Å². The smallest absolute Gasteiger partial charge is 0.406 e. The molecule has 3 aliphatic rings. The Morgan fingerprint density at radius 3 is 2.58 bits per heavy atom. The van der Waals surface area contributed by atoms with Crippen molar-refractivity contribution in [1.82, 2.24) is 10.2 Å². The Morgan fingerprint density at radius 2 is 1.94 bits per heavy atom. The average Bonchev–Trinajstić information content (AvgIpc) is 3.25. The fourth-order valence-electron chi connectivity index (χ4n) is 5.53. The Hall–Kier alpha value is -2.55. The van der Waals surface area contributed by atoms with E-state index < -0.39 is 12.0 Å². The lowest BCUT2D eigenvalue weighted by atomic mass is 9.87. The van der Waals surface area contributed by atoms with E-state index in [1.165, 1.54) is 12.1 Å². The van der Waals surface area contributed by atoms with Gasteiger partial charge in [0.2, 0.25) is 5.91 Å². The number of rotatable bonds is 7. The number of carbonyl (C=O) groups is 1. The van der Waals surface area contributed by atoms with Gasteiger partial charge in [-0.2, -0.15) is 5.26 Å². The van der Waals surface area contributed by atoms with E-state index in [0.717, 1.165) is 37.8 Å². The second kappa shape index (κ2) is 11.2. The van der Waals surface area contributed by atoms with Crippen molar-refractivity contribution in [3.63, 3.8) is 0 Å². The first-order valence-corrected chi connectivity index (χ1v) is 12.5. The molecule has 198 valence electrons. The van der Waals surface area contributed by atoms with E-state index in [-0.39, 0.29) is 42.7 Å². The number of nitrogens with zero attached hydrogens (tertiary/aromatic N) is 3. The Balaban J connectivity index is 1.30. The van der Waals surface area contributed by atoms with E-state index in [9.17, 15) is 23.1 Å². The molecule has 0 radical (unpaired) electrons. The highest BCUT2D eigenvalue weighted by molar-refractivity contribution is 5.77. The Morgan fingerprint density at radius 1 is 1.22 bits per heavy atom. The van der Waals surface area contributed by atoms with Gasteiger partial charge in [-0.3, -0.25) is 9.69 Å². The van der Waals surface area contributed by atoms with Gasteiger partial charge in [-0.05, 0) is 56.4 Å². The molecule has 1 saturated carbocycles. The van der Waals surface area contributed by atoms with Crippen molar-refractivity contribution >= 4 is 11.6 Å². The molecule has 1 aromatic rings. The Kier molecular flexibility index (Phi) is 8.27. The number of benzene rings is 1. The highest BCUT2D eigenvalue weighted by Gasteiger charge is 2.44. The van der Waals surface area contributed by atoms with Gasteiger partial charge >= 0.3 is 6.36 Å². The van der Waals surface area contributed by atoms with Crippen molar-refractivity contribution in [2.45, 2.75) is 62.6 Å². The third-order valence-corrected chi connectivity index (χ3v) is 7.45. The normalized spacial score (nSPS) is 28.0. The third kappa shape index (κ3) is 6.81. The van der Waals surface area contributed by atoms with Crippen molar-refractivity contribution in [3.8, 4) is 11.8 Å². The minimum Gasteiger partial charge on any atom is -0.406 e. The van der Waals surface area contributed by atoms with Crippen LogP contribution < -0.4 is 15.0 Å². The van der Waals surface area contributed by atoms with Gasteiger partial charge in [0.15, 0.2) is 0 Å². The fraction of sp³-hybridized carbons (Fsp3) is 0.680. The number of alkyl halides is 3. The van der Waals surface area contributed by atoms with E-state index in [4.69, 9.17) is 10.00 Å². The van der Waals surface area contributed by atoms with Gasteiger partial charge in [0, 0.05) is 56.3 Å². The largest absolute Gasteiger partial charge is 0.573 e. The fourth-order valence-corrected chi connectivity index (χ4v) is 5.53. The molecule has 1 spiro atoms. The van der Waals surface area contributed by atoms with Gasteiger partial charge in [0.05, 0.1) is 24.9 Å². The quantitative estimate of drug-likeness (QED) is 0.582. The van der Waals surface area contributed by atoms with Gasteiger partial charge in [-0.1, -0.05) is 0 Å². The number of ether oxygens (including phenoxy) is 2. The molecule has 11 heteroatoms. The van der Waals surface area contributed by atoms with Crippen molar-refractivity contribution in [2.75, 3.05) is 44.3 Å². The number of aliphatic hydroxyl groups excluding tert-OH is 1. The van der Waals surface area contributed by atoms with Gasteiger partial charge in [-0.15, -0.1) is 13.2 Å². The molecule has 4 rings (SSSR count). The van der Waals surface area contributed by atoms with Crippen LogP contribution in [0.25, 0.3) is 0 Å². The number of aliphatic hydroxyl groups is 1. The average molecular weight is 511 g/mol. The maximum Gasteiger partial charge on any atom is 0.573 e. The minimum absolute atomic E-state index is 0.0741. The zero-order valence-electron chi connectivity index (χ0n) is 20.2. The van der Waals surface area contributed by atoms with E-state index in [2.05, 4.69) is 25.9 Å². The molecule has 1 aromatic carbocycles. The predicted octanol–water partition coefficient (Wildman–Crippen LogP) is 2.82. The third-order valence-electron chi connectivity index (χ3n) is 7.45. The number of morpholine rings is 1. The number of nitriles is 1. The second-order valence-electron chi connectivity index (χ2n) is 10.0. The standard InChI is InChI=1S/C25H33F3N4O4/c26-25(27,28)36-22-7-5-20(6-8-22)31-10-9-24(16-31)17-32(11-12-35-24)21(15-33)13-23(34)30-19-3-1-18(14-29)2-4-19/h5-8,18-19,21,33H,1-4,9-13,15-17H2,(H,30,34)/t18?,19?,21-,24+/m1/s1. The lowest BCUT2D eigenvalue weighted by Gasteiger charge is -2.43. The lowest BCUT2D eigenvalue weighted by Crippen LogP contribution is -2.57. The Bertz CT molecular complexity index is 931. The van der Waals surface area contributed by atoms with Crippen LogP contribution in [0.2, 0.25) is 0 Å². The van der Waals surface area contributed by atoms with Crippen LogP contribution >= 0.6 is 0 Å². The molecule has 2 aliphatic heterocycles. The van der Waals surface area contributed by atoms with Crippen molar-refractivity contribution in [1.29, 1.82) is 5.26 Å². The number of anilines is 1. The molecular formula is C25H33F3N4O4. The summed E-state index contributed by atoms with van der Waals surface area (Å²) in [6, 6.07) is 7.86. The first kappa shape index (κ1) is 26.5. The molecular weight excluding hydrogens is 477 g/mol. The van der Waals surface area contributed by atoms with Crippen LogP contribution in [0.1, 0.15) is 38.5 Å². The first-order valence-electron chi connectivity index (χ1n) is 12.5. The molecule has 0 unspecified atom stereocenters. The molecule has 1 amide bonds. The van der Waals surface area contributed by atoms with E-state index in [1.807, 2.05) is 0 Å². The van der Waals surface area contributed by atoms with Crippen molar-refractivity contribution in [3.05, 3.63) is 24.3 Å². The van der Waals surface area contributed by atoms with Crippen LogP contribution in [0.4, 0.5) is 18.9 Å². The first-order chi connectivity index (χ1) is 17.2. The lowest BCUT2D eigenvalue weighted by molar-refractivity contribution is -0.274. The van der Waals surface area contributed by atoms with Crippen LogP contribution in [-0.2, 0) is 9.53 Å². The minimum atomic E-state index is -4.73. The van der Waals surface area contributed by atoms with E-state index >= 15 is 0 Å². The van der Waals surface area contributed by atoms with Crippen molar-refractivity contribution < 1.29 is 32.5 Å². The monoisotopic (exact) mass is 510 g/mol. The van der Waals surface area contributed by atoms with Gasteiger partial charge in [-0.25, -0.2) is 0 Å².